The highest BCUT2D eigenvalue weighted by Crippen LogP contribution is 2.22. The summed E-state index contributed by atoms with van der Waals surface area (Å²) < 4.78 is 0. The summed E-state index contributed by atoms with van der Waals surface area (Å²) >= 11 is 0. The van der Waals surface area contributed by atoms with Crippen molar-refractivity contribution in [1.29, 1.82) is 0 Å². The van der Waals surface area contributed by atoms with Gasteiger partial charge in [-0.25, -0.2) is 0 Å². The van der Waals surface area contributed by atoms with Crippen LogP contribution in [0.15, 0.2) is 48.6 Å². The Morgan fingerprint density at radius 3 is 1.89 bits per heavy atom. The van der Waals surface area contributed by atoms with Gasteiger partial charge in [-0.15, -0.1) is 0 Å². The molecule has 1 atom stereocenters. The number of allylic oxidation sites excluding steroid dienone is 8. The molecule has 0 aromatic heterocycles. The van der Waals surface area contributed by atoms with E-state index in [1.807, 2.05) is 13.8 Å². The van der Waals surface area contributed by atoms with Gasteiger partial charge in [-0.3, -0.25) is 4.79 Å². The van der Waals surface area contributed by atoms with Crippen LogP contribution in [0.25, 0.3) is 0 Å². The Balaban J connectivity index is 3.77. The van der Waals surface area contributed by atoms with Crippen LogP contribution in [0.5, 0.6) is 0 Å². The van der Waals surface area contributed by atoms with Crippen LogP contribution in [0, 0.1) is 5.41 Å². The van der Waals surface area contributed by atoms with Crippen LogP contribution in [0.3, 0.4) is 0 Å². The van der Waals surface area contributed by atoms with E-state index in [0.717, 1.165) is 32.1 Å². The van der Waals surface area contributed by atoms with Gasteiger partial charge >= 0.3 is 0 Å². The molecule has 0 aliphatic carbocycles. The third-order valence-corrected chi connectivity index (χ3v) is 4.57. The van der Waals surface area contributed by atoms with Crippen LogP contribution in [0.2, 0.25) is 0 Å². The smallest absolute Gasteiger partial charge is 0.225 e. The van der Waals surface area contributed by atoms with E-state index in [1.54, 1.807) is 6.92 Å². The van der Waals surface area contributed by atoms with Gasteiger partial charge in [0.1, 0.15) is 0 Å². The molecule has 0 aliphatic rings. The number of hydrogen-bond acceptors (Lipinski definition) is 2. The summed E-state index contributed by atoms with van der Waals surface area (Å²) in [5.41, 5.74) is -0.412. The first-order valence-electron chi connectivity index (χ1n) is 11.0. The predicted molar refractivity (Wildman–Crippen MR) is 122 cm³/mol. The molecule has 0 aliphatic heterocycles. The van der Waals surface area contributed by atoms with E-state index in [4.69, 9.17) is 0 Å². The van der Waals surface area contributed by atoms with Crippen molar-refractivity contribution in [2.24, 2.45) is 5.41 Å². The first-order chi connectivity index (χ1) is 13.4. The van der Waals surface area contributed by atoms with E-state index in [2.05, 4.69) is 60.8 Å². The Morgan fingerprint density at radius 1 is 0.893 bits per heavy atom. The van der Waals surface area contributed by atoms with Crippen molar-refractivity contribution in [3.63, 3.8) is 0 Å². The first-order valence-corrected chi connectivity index (χ1v) is 11.0. The van der Waals surface area contributed by atoms with Crippen molar-refractivity contribution >= 4 is 5.91 Å². The van der Waals surface area contributed by atoms with Crippen LogP contribution < -0.4 is 5.32 Å². The lowest BCUT2D eigenvalue weighted by atomic mass is 9.86. The van der Waals surface area contributed by atoms with Gasteiger partial charge in [0, 0.05) is 12.0 Å². The van der Waals surface area contributed by atoms with E-state index in [-0.39, 0.29) is 5.91 Å². The second-order valence-electron chi connectivity index (χ2n) is 8.07. The average molecular weight is 390 g/mol. The molecule has 0 aromatic rings. The maximum absolute atomic E-state index is 12.1. The monoisotopic (exact) mass is 389 g/mol. The Kier molecular flexibility index (Phi) is 16.5. The highest BCUT2D eigenvalue weighted by molar-refractivity contribution is 5.81. The largest absolute Gasteiger partial charge is 0.392 e. The highest BCUT2D eigenvalue weighted by Gasteiger charge is 2.26. The SMILES string of the molecule is CCCCC/C=C\C/C=C\C/C=C\C/C=C\CCC(C)(C)C(=O)NC[C@H](C)O. The molecule has 0 spiro atoms. The minimum atomic E-state index is -0.506. The van der Waals surface area contributed by atoms with Gasteiger partial charge in [-0.05, 0) is 51.9 Å². The summed E-state index contributed by atoms with van der Waals surface area (Å²) in [5.74, 6) is 0.00397. The van der Waals surface area contributed by atoms with Crippen molar-refractivity contribution < 1.29 is 9.90 Å². The molecule has 0 rings (SSSR count). The molecule has 0 aromatic carbocycles. The van der Waals surface area contributed by atoms with Crippen molar-refractivity contribution in [3.8, 4) is 0 Å². The molecule has 3 heteroatoms. The number of nitrogens with one attached hydrogen (secondary N) is 1. The number of unbranched alkanes of at least 4 members (excludes halogenated alkanes) is 3. The average Bonchev–Trinajstić information content (AvgIpc) is 2.65. The fourth-order valence-electron chi connectivity index (χ4n) is 2.60. The summed E-state index contributed by atoms with van der Waals surface area (Å²) in [5, 5.41) is 12.0. The molecule has 1 amide bonds. The maximum atomic E-state index is 12.1. The summed E-state index contributed by atoms with van der Waals surface area (Å²) in [4.78, 5) is 12.1. The molecule has 0 heterocycles. The fourth-order valence-corrected chi connectivity index (χ4v) is 2.60. The minimum Gasteiger partial charge on any atom is -0.392 e. The number of carbonyl (C=O) groups excluding carboxylic acids is 1. The van der Waals surface area contributed by atoms with Gasteiger partial charge in [-0.1, -0.05) is 82.2 Å². The van der Waals surface area contributed by atoms with E-state index in [9.17, 15) is 9.90 Å². The van der Waals surface area contributed by atoms with Crippen LogP contribution >= 0.6 is 0 Å². The van der Waals surface area contributed by atoms with E-state index < -0.39 is 11.5 Å². The number of rotatable bonds is 16. The first kappa shape index (κ1) is 26.4. The summed E-state index contributed by atoms with van der Waals surface area (Å²) in [6.45, 7) is 8.12. The number of aliphatic hydroxyl groups excluding tert-OH is 1. The minimum absolute atomic E-state index is 0.00397. The lowest BCUT2D eigenvalue weighted by Gasteiger charge is -2.23. The standard InChI is InChI=1S/C25H43NO2/c1-5-6-7-8-9-10-11-12-13-14-15-16-17-18-19-20-21-25(3,4)24(28)26-22-23(2)27/h9-10,12-13,15-16,18-19,23,27H,5-8,11,14,17,20-22H2,1-4H3,(H,26,28)/b10-9-,13-12-,16-15-,19-18-/t23-/m0/s1. The van der Waals surface area contributed by atoms with Crippen molar-refractivity contribution in [2.45, 2.75) is 91.6 Å². The zero-order chi connectivity index (χ0) is 21.1. The molecule has 3 nitrogen and oxygen atoms in total. The van der Waals surface area contributed by atoms with Gasteiger partial charge in [0.15, 0.2) is 0 Å². The number of amides is 1. The van der Waals surface area contributed by atoms with Crippen LogP contribution in [0.4, 0.5) is 0 Å². The van der Waals surface area contributed by atoms with Gasteiger partial charge in [0.05, 0.1) is 6.10 Å². The van der Waals surface area contributed by atoms with Gasteiger partial charge in [0.25, 0.3) is 0 Å². The Morgan fingerprint density at radius 2 is 1.39 bits per heavy atom. The molecule has 0 saturated carbocycles. The van der Waals surface area contributed by atoms with E-state index in [0.29, 0.717) is 6.54 Å². The Hall–Kier alpha value is -1.61. The Labute approximate surface area is 173 Å². The van der Waals surface area contributed by atoms with Crippen LogP contribution in [-0.4, -0.2) is 23.7 Å². The third kappa shape index (κ3) is 16.6. The topological polar surface area (TPSA) is 49.3 Å². The maximum Gasteiger partial charge on any atom is 0.225 e. The lowest BCUT2D eigenvalue weighted by Crippen LogP contribution is -2.40. The van der Waals surface area contributed by atoms with Crippen molar-refractivity contribution in [1.82, 2.24) is 5.32 Å². The molecule has 0 bridgehead atoms. The molecule has 0 unspecified atom stereocenters. The highest BCUT2D eigenvalue weighted by atomic mass is 16.3. The Bertz CT molecular complexity index is 499. The molecule has 2 N–H and O–H groups in total. The molecule has 160 valence electrons. The zero-order valence-corrected chi connectivity index (χ0v) is 18.6. The molecular weight excluding hydrogens is 346 g/mol. The second-order valence-corrected chi connectivity index (χ2v) is 8.07. The molecule has 0 radical (unpaired) electrons. The van der Waals surface area contributed by atoms with E-state index in [1.165, 1.54) is 25.7 Å². The normalized spacial score (nSPS) is 14.0. The molecule has 0 fully saturated rings. The summed E-state index contributed by atoms with van der Waals surface area (Å²) in [7, 11) is 0. The number of aliphatic hydroxyl groups is 1. The van der Waals surface area contributed by atoms with Crippen molar-refractivity contribution in [3.05, 3.63) is 48.6 Å². The second kappa shape index (κ2) is 17.5. The van der Waals surface area contributed by atoms with Gasteiger partial charge in [-0.2, -0.15) is 0 Å². The lowest BCUT2D eigenvalue weighted by molar-refractivity contribution is -0.130. The van der Waals surface area contributed by atoms with Gasteiger partial charge in [0.2, 0.25) is 5.91 Å². The molecular formula is C25H43NO2. The van der Waals surface area contributed by atoms with Gasteiger partial charge < -0.3 is 10.4 Å². The predicted octanol–water partition coefficient (Wildman–Crippen LogP) is 6.27. The quantitative estimate of drug-likeness (QED) is 0.241. The zero-order valence-electron chi connectivity index (χ0n) is 18.6. The van der Waals surface area contributed by atoms with E-state index >= 15 is 0 Å². The third-order valence-electron chi connectivity index (χ3n) is 4.57. The number of carbonyl (C=O) groups is 1. The number of hydrogen-bond donors (Lipinski definition) is 2. The van der Waals surface area contributed by atoms with Crippen molar-refractivity contribution in [2.75, 3.05) is 6.54 Å². The fraction of sp³-hybridized carbons (Fsp3) is 0.640. The molecule has 0 saturated heterocycles. The van der Waals surface area contributed by atoms with Crippen LogP contribution in [0.1, 0.15) is 85.5 Å². The van der Waals surface area contributed by atoms with Crippen LogP contribution in [-0.2, 0) is 4.79 Å². The molecule has 28 heavy (non-hydrogen) atoms. The summed E-state index contributed by atoms with van der Waals surface area (Å²) in [6.07, 6.45) is 26.9. The summed E-state index contributed by atoms with van der Waals surface area (Å²) in [6, 6.07) is 0.